The van der Waals surface area contributed by atoms with Gasteiger partial charge in [0.1, 0.15) is 5.60 Å². The summed E-state index contributed by atoms with van der Waals surface area (Å²) in [6.45, 7) is 8.09. The third-order valence-electron chi connectivity index (χ3n) is 2.49. The van der Waals surface area contributed by atoms with Gasteiger partial charge in [0.2, 0.25) is 0 Å². The smallest absolute Gasteiger partial charge is 0.123 e. The molecular formula is C13H20O2. The summed E-state index contributed by atoms with van der Waals surface area (Å²) in [6.07, 6.45) is 1.05. The lowest BCUT2D eigenvalue weighted by Crippen LogP contribution is -2.19. The van der Waals surface area contributed by atoms with Gasteiger partial charge >= 0.3 is 0 Å². The standard InChI is InChI=1S/C13H20O2/c1-10(2)8-11-6-5-7-12(9-11)13(3,4)15-14/h5-7,9-10,14H,8H2,1-4H3. The molecule has 0 atom stereocenters. The first kappa shape index (κ1) is 12.2. The predicted molar refractivity (Wildman–Crippen MR) is 61.7 cm³/mol. The van der Waals surface area contributed by atoms with Crippen molar-refractivity contribution in [3.63, 3.8) is 0 Å². The molecule has 0 fully saturated rings. The van der Waals surface area contributed by atoms with E-state index in [9.17, 15) is 0 Å². The largest absolute Gasteiger partial charge is 0.251 e. The van der Waals surface area contributed by atoms with Gasteiger partial charge in [-0.25, -0.2) is 4.89 Å². The first-order valence-corrected chi connectivity index (χ1v) is 5.37. The van der Waals surface area contributed by atoms with Crippen molar-refractivity contribution in [2.24, 2.45) is 5.92 Å². The van der Waals surface area contributed by atoms with E-state index in [2.05, 4.69) is 30.9 Å². The Bertz CT molecular complexity index is 316. The second kappa shape index (κ2) is 4.77. The maximum Gasteiger partial charge on any atom is 0.123 e. The van der Waals surface area contributed by atoms with Crippen LogP contribution in [0.2, 0.25) is 0 Å². The van der Waals surface area contributed by atoms with E-state index in [-0.39, 0.29) is 0 Å². The average Bonchev–Trinajstić information content (AvgIpc) is 2.17. The molecule has 2 nitrogen and oxygen atoms in total. The minimum atomic E-state index is -0.632. The Hall–Kier alpha value is -0.860. The molecule has 0 amide bonds. The molecule has 2 heteroatoms. The normalized spacial score (nSPS) is 12.1. The number of hydrogen-bond donors (Lipinski definition) is 1. The lowest BCUT2D eigenvalue weighted by Gasteiger charge is -2.21. The van der Waals surface area contributed by atoms with Gasteiger partial charge in [0, 0.05) is 0 Å². The van der Waals surface area contributed by atoms with Gasteiger partial charge in [-0.05, 0) is 37.3 Å². The van der Waals surface area contributed by atoms with Gasteiger partial charge in [0.25, 0.3) is 0 Å². The van der Waals surface area contributed by atoms with E-state index in [0.29, 0.717) is 5.92 Å². The maximum absolute atomic E-state index is 8.82. The van der Waals surface area contributed by atoms with Gasteiger partial charge in [-0.3, -0.25) is 5.26 Å². The van der Waals surface area contributed by atoms with Crippen molar-refractivity contribution in [1.82, 2.24) is 0 Å². The van der Waals surface area contributed by atoms with Crippen molar-refractivity contribution < 1.29 is 10.1 Å². The molecule has 0 heterocycles. The molecule has 0 unspecified atom stereocenters. The molecule has 84 valence electrons. The SMILES string of the molecule is CC(C)Cc1cccc(C(C)(C)OO)c1. The van der Waals surface area contributed by atoms with Crippen LogP contribution in [0.4, 0.5) is 0 Å². The molecule has 0 bridgehead atoms. The van der Waals surface area contributed by atoms with Crippen LogP contribution in [-0.2, 0) is 16.9 Å². The minimum absolute atomic E-state index is 0.632. The van der Waals surface area contributed by atoms with Crippen molar-refractivity contribution >= 4 is 0 Å². The molecule has 0 saturated heterocycles. The van der Waals surface area contributed by atoms with Crippen LogP contribution in [0, 0.1) is 5.92 Å². The molecule has 1 aromatic rings. The zero-order chi connectivity index (χ0) is 11.5. The maximum atomic E-state index is 8.82. The number of benzene rings is 1. The highest BCUT2D eigenvalue weighted by Gasteiger charge is 2.21. The summed E-state index contributed by atoms with van der Waals surface area (Å²) in [5.41, 5.74) is 1.66. The third kappa shape index (κ3) is 3.33. The van der Waals surface area contributed by atoms with E-state index < -0.39 is 5.60 Å². The fourth-order valence-electron chi connectivity index (χ4n) is 1.60. The zero-order valence-corrected chi connectivity index (χ0v) is 9.95. The summed E-state index contributed by atoms with van der Waals surface area (Å²) in [5, 5.41) is 8.82. The number of rotatable bonds is 4. The summed E-state index contributed by atoms with van der Waals surface area (Å²) in [4.78, 5) is 4.48. The zero-order valence-electron chi connectivity index (χ0n) is 9.95. The minimum Gasteiger partial charge on any atom is -0.251 e. The Balaban J connectivity index is 2.92. The van der Waals surface area contributed by atoms with Gasteiger partial charge in [-0.2, -0.15) is 0 Å². The molecule has 0 aromatic heterocycles. The Morgan fingerprint density at radius 1 is 1.33 bits per heavy atom. The summed E-state index contributed by atoms with van der Waals surface area (Å²) in [5.74, 6) is 0.637. The lowest BCUT2D eigenvalue weighted by atomic mass is 9.94. The monoisotopic (exact) mass is 208 g/mol. The Morgan fingerprint density at radius 2 is 2.00 bits per heavy atom. The highest BCUT2D eigenvalue weighted by atomic mass is 17.1. The topological polar surface area (TPSA) is 29.5 Å². The van der Waals surface area contributed by atoms with Gasteiger partial charge in [-0.15, -0.1) is 0 Å². The molecule has 1 rings (SSSR count). The predicted octanol–water partition coefficient (Wildman–Crippen LogP) is 3.61. The van der Waals surface area contributed by atoms with Crippen LogP contribution in [-0.4, -0.2) is 5.26 Å². The number of hydrogen-bond acceptors (Lipinski definition) is 2. The first-order valence-electron chi connectivity index (χ1n) is 5.37. The van der Waals surface area contributed by atoms with Crippen molar-refractivity contribution in [1.29, 1.82) is 0 Å². The third-order valence-corrected chi connectivity index (χ3v) is 2.49. The molecule has 0 saturated carbocycles. The molecule has 0 radical (unpaired) electrons. The van der Waals surface area contributed by atoms with Crippen LogP contribution in [0.25, 0.3) is 0 Å². The van der Waals surface area contributed by atoms with Crippen LogP contribution >= 0.6 is 0 Å². The molecule has 1 aromatic carbocycles. The van der Waals surface area contributed by atoms with E-state index in [1.54, 1.807) is 0 Å². The van der Waals surface area contributed by atoms with Crippen molar-refractivity contribution in [3.05, 3.63) is 35.4 Å². The average molecular weight is 208 g/mol. The summed E-state index contributed by atoms with van der Waals surface area (Å²) in [6, 6.07) is 8.18. The van der Waals surface area contributed by atoms with E-state index in [4.69, 9.17) is 5.26 Å². The molecule has 0 aliphatic carbocycles. The van der Waals surface area contributed by atoms with Crippen LogP contribution in [0.5, 0.6) is 0 Å². The second-order valence-electron chi connectivity index (χ2n) is 4.90. The highest BCUT2D eigenvalue weighted by Crippen LogP contribution is 2.24. The second-order valence-corrected chi connectivity index (χ2v) is 4.90. The van der Waals surface area contributed by atoms with Crippen molar-refractivity contribution in [3.8, 4) is 0 Å². The van der Waals surface area contributed by atoms with Crippen LogP contribution < -0.4 is 0 Å². The van der Waals surface area contributed by atoms with Crippen LogP contribution in [0.15, 0.2) is 24.3 Å². The molecule has 15 heavy (non-hydrogen) atoms. The summed E-state index contributed by atoms with van der Waals surface area (Å²) in [7, 11) is 0. The van der Waals surface area contributed by atoms with E-state index in [1.807, 2.05) is 26.0 Å². The van der Waals surface area contributed by atoms with Crippen molar-refractivity contribution in [2.45, 2.75) is 39.7 Å². The Labute approximate surface area is 91.8 Å². The summed E-state index contributed by atoms with van der Waals surface area (Å²) < 4.78 is 0. The molecule has 0 aliphatic rings. The first-order chi connectivity index (χ1) is 6.95. The van der Waals surface area contributed by atoms with Gasteiger partial charge in [0.15, 0.2) is 0 Å². The van der Waals surface area contributed by atoms with Crippen LogP contribution in [0.1, 0.15) is 38.8 Å². The fourth-order valence-corrected chi connectivity index (χ4v) is 1.60. The van der Waals surface area contributed by atoms with Crippen LogP contribution in [0.3, 0.4) is 0 Å². The van der Waals surface area contributed by atoms with E-state index in [1.165, 1.54) is 5.56 Å². The quantitative estimate of drug-likeness (QED) is 0.605. The fraction of sp³-hybridized carbons (Fsp3) is 0.538. The summed E-state index contributed by atoms with van der Waals surface area (Å²) >= 11 is 0. The van der Waals surface area contributed by atoms with Gasteiger partial charge < -0.3 is 0 Å². The molecule has 0 aliphatic heterocycles. The lowest BCUT2D eigenvalue weighted by molar-refractivity contribution is -0.318. The van der Waals surface area contributed by atoms with Crippen molar-refractivity contribution in [2.75, 3.05) is 0 Å². The van der Waals surface area contributed by atoms with Gasteiger partial charge in [-0.1, -0.05) is 38.1 Å². The Morgan fingerprint density at radius 3 is 2.53 bits per heavy atom. The van der Waals surface area contributed by atoms with E-state index in [0.717, 1.165) is 12.0 Å². The van der Waals surface area contributed by atoms with Gasteiger partial charge in [0.05, 0.1) is 0 Å². The highest BCUT2D eigenvalue weighted by molar-refractivity contribution is 5.27. The Kier molecular flexibility index (Phi) is 3.89. The molecular weight excluding hydrogens is 188 g/mol. The molecule has 0 spiro atoms. The van der Waals surface area contributed by atoms with E-state index >= 15 is 0 Å². The molecule has 1 N–H and O–H groups in total.